The number of amides is 2. The maximum Gasteiger partial charge on any atom is 0.249 e. The number of benzene rings is 3. The van der Waals surface area contributed by atoms with Gasteiger partial charge < -0.3 is 10.1 Å². The van der Waals surface area contributed by atoms with E-state index < -0.39 is 17.8 Å². The molecule has 1 aliphatic rings. The number of aromatic nitrogens is 3. The molecular weight excluding hydrogens is 473 g/mol. The minimum absolute atomic E-state index is 0.0318. The highest BCUT2D eigenvalue weighted by Crippen LogP contribution is 2.32. The number of hydrogen-bond acceptors (Lipinski definition) is 5. The van der Waals surface area contributed by atoms with Gasteiger partial charge in [-0.05, 0) is 60.9 Å². The third kappa shape index (κ3) is 5.30. The number of para-hydroxylation sites is 1. The Balaban J connectivity index is 1.58. The Labute approximate surface area is 214 Å². The van der Waals surface area contributed by atoms with Gasteiger partial charge in [-0.2, -0.15) is 0 Å². The Morgan fingerprint density at radius 1 is 1.08 bits per heavy atom. The third-order valence-electron chi connectivity index (χ3n) is 6.68. The number of ether oxygens (including phenoxy) is 1. The van der Waals surface area contributed by atoms with Gasteiger partial charge in [0.1, 0.15) is 29.7 Å². The van der Waals surface area contributed by atoms with E-state index in [2.05, 4.69) is 15.6 Å². The van der Waals surface area contributed by atoms with Gasteiger partial charge in [-0.3, -0.25) is 14.5 Å². The summed E-state index contributed by atoms with van der Waals surface area (Å²) in [5, 5.41) is 11.4. The van der Waals surface area contributed by atoms with Crippen molar-refractivity contribution < 1.29 is 18.7 Å². The molecule has 1 N–H and O–H groups in total. The Kier molecular flexibility index (Phi) is 7.11. The minimum Gasteiger partial charge on any atom is -0.497 e. The molecule has 3 aromatic carbocycles. The summed E-state index contributed by atoms with van der Waals surface area (Å²) < 4.78 is 21.3. The summed E-state index contributed by atoms with van der Waals surface area (Å²) in [5.74, 6) is -0.732. The fourth-order valence-corrected chi connectivity index (χ4v) is 4.88. The Morgan fingerprint density at radius 3 is 2.65 bits per heavy atom. The van der Waals surface area contributed by atoms with Crippen LogP contribution in [0.2, 0.25) is 0 Å². The van der Waals surface area contributed by atoms with E-state index in [1.807, 2.05) is 24.3 Å². The van der Waals surface area contributed by atoms with E-state index in [1.54, 1.807) is 30.3 Å². The molecule has 1 saturated carbocycles. The first kappa shape index (κ1) is 24.4. The summed E-state index contributed by atoms with van der Waals surface area (Å²) in [7, 11) is 1.54. The molecular formula is C28H28FN5O3. The molecule has 2 amide bonds. The zero-order valence-electron chi connectivity index (χ0n) is 20.5. The number of nitrogens with zero attached hydrogens (tertiary/aromatic N) is 4. The van der Waals surface area contributed by atoms with Crippen LogP contribution in [0.3, 0.4) is 0 Å². The largest absolute Gasteiger partial charge is 0.497 e. The SMILES string of the molecule is COc1cccc([C@@H](C(=O)NC2CCCC2)N(C(=O)Cn2nnc3ccccc32)c2cccc(F)c2)c1. The fraction of sp³-hybridized carbons (Fsp3) is 0.286. The molecule has 1 aromatic heterocycles. The van der Waals surface area contributed by atoms with Crippen molar-refractivity contribution in [1.82, 2.24) is 20.3 Å². The number of carbonyl (C=O) groups is 2. The van der Waals surface area contributed by atoms with Crippen LogP contribution in [0.5, 0.6) is 5.75 Å². The van der Waals surface area contributed by atoms with Crippen LogP contribution < -0.4 is 15.0 Å². The van der Waals surface area contributed by atoms with Crippen LogP contribution in [0.15, 0.2) is 72.8 Å². The van der Waals surface area contributed by atoms with Gasteiger partial charge in [0.25, 0.3) is 0 Å². The van der Waals surface area contributed by atoms with Gasteiger partial charge in [0.05, 0.1) is 12.6 Å². The maximum atomic E-state index is 14.4. The lowest BCUT2D eigenvalue weighted by atomic mass is 10.0. The van der Waals surface area contributed by atoms with E-state index in [-0.39, 0.29) is 24.2 Å². The number of halogens is 1. The van der Waals surface area contributed by atoms with Gasteiger partial charge in [-0.25, -0.2) is 9.07 Å². The summed E-state index contributed by atoms with van der Waals surface area (Å²) in [6.07, 6.45) is 3.85. The van der Waals surface area contributed by atoms with Crippen LogP contribution in [-0.2, 0) is 16.1 Å². The molecule has 0 radical (unpaired) electrons. The van der Waals surface area contributed by atoms with Crippen molar-refractivity contribution in [2.24, 2.45) is 0 Å². The summed E-state index contributed by atoms with van der Waals surface area (Å²) in [5.41, 5.74) is 2.15. The van der Waals surface area contributed by atoms with Gasteiger partial charge in [-0.1, -0.05) is 48.4 Å². The van der Waals surface area contributed by atoms with Crippen molar-refractivity contribution in [1.29, 1.82) is 0 Å². The van der Waals surface area contributed by atoms with E-state index in [4.69, 9.17) is 4.74 Å². The number of rotatable bonds is 8. The van der Waals surface area contributed by atoms with Crippen LogP contribution in [0.1, 0.15) is 37.3 Å². The van der Waals surface area contributed by atoms with Crippen molar-refractivity contribution in [3.63, 3.8) is 0 Å². The molecule has 190 valence electrons. The second kappa shape index (κ2) is 10.8. The Hall–Kier alpha value is -4.27. The summed E-state index contributed by atoms with van der Waals surface area (Å²) in [4.78, 5) is 29.2. The van der Waals surface area contributed by atoms with E-state index in [0.29, 0.717) is 22.3 Å². The Bertz CT molecular complexity index is 1420. The highest BCUT2D eigenvalue weighted by atomic mass is 19.1. The first-order valence-electron chi connectivity index (χ1n) is 12.3. The molecule has 1 aliphatic carbocycles. The van der Waals surface area contributed by atoms with E-state index in [0.717, 1.165) is 25.7 Å². The lowest BCUT2D eigenvalue weighted by molar-refractivity contribution is -0.127. The highest BCUT2D eigenvalue weighted by molar-refractivity contribution is 6.01. The monoisotopic (exact) mass is 501 g/mol. The normalized spacial score (nSPS) is 14.4. The van der Waals surface area contributed by atoms with Gasteiger partial charge in [0.15, 0.2) is 0 Å². The number of fused-ring (bicyclic) bond motifs is 1. The van der Waals surface area contributed by atoms with Gasteiger partial charge in [-0.15, -0.1) is 5.10 Å². The number of anilines is 1. The standard InChI is InChI=1S/C28H28FN5O3/c1-37-23-13-6-8-19(16-23)27(28(36)30-21-10-2-3-11-21)34(22-12-7-9-20(29)17-22)26(35)18-33-25-15-5-4-14-24(25)31-32-33/h4-9,12-17,21,27H,2-3,10-11,18H2,1H3,(H,30,36)/t27-/m0/s1. The number of carbonyl (C=O) groups excluding carboxylic acids is 2. The highest BCUT2D eigenvalue weighted by Gasteiger charge is 2.35. The average Bonchev–Trinajstić information content (AvgIpc) is 3.57. The lowest BCUT2D eigenvalue weighted by Crippen LogP contribution is -2.47. The topological polar surface area (TPSA) is 89.4 Å². The summed E-state index contributed by atoms with van der Waals surface area (Å²) in [6, 6.07) is 19.0. The molecule has 37 heavy (non-hydrogen) atoms. The van der Waals surface area contributed by atoms with Gasteiger partial charge >= 0.3 is 0 Å². The first-order chi connectivity index (χ1) is 18.0. The molecule has 9 heteroatoms. The lowest BCUT2D eigenvalue weighted by Gasteiger charge is -2.32. The van der Waals surface area contributed by atoms with Crippen molar-refractivity contribution in [2.45, 2.75) is 44.3 Å². The minimum atomic E-state index is -1.06. The summed E-state index contributed by atoms with van der Waals surface area (Å²) in [6.45, 7) is -0.186. The molecule has 1 heterocycles. The van der Waals surface area contributed by atoms with Crippen LogP contribution >= 0.6 is 0 Å². The quantitative estimate of drug-likeness (QED) is 0.386. The number of nitrogens with one attached hydrogen (secondary N) is 1. The molecule has 8 nitrogen and oxygen atoms in total. The second-order valence-corrected chi connectivity index (χ2v) is 9.15. The number of methoxy groups -OCH3 is 1. The molecule has 0 aliphatic heterocycles. The molecule has 0 saturated heterocycles. The van der Waals surface area contributed by atoms with Crippen LogP contribution in [0.25, 0.3) is 11.0 Å². The predicted molar refractivity (Wildman–Crippen MR) is 138 cm³/mol. The van der Waals surface area contributed by atoms with E-state index >= 15 is 0 Å². The van der Waals surface area contributed by atoms with E-state index in [1.165, 1.54) is 34.9 Å². The van der Waals surface area contributed by atoms with Crippen LogP contribution in [0, 0.1) is 5.82 Å². The van der Waals surface area contributed by atoms with Crippen LogP contribution in [-0.4, -0.2) is 40.0 Å². The molecule has 0 bridgehead atoms. The molecule has 0 spiro atoms. The molecule has 1 atom stereocenters. The zero-order valence-corrected chi connectivity index (χ0v) is 20.5. The van der Waals surface area contributed by atoms with Crippen molar-refractivity contribution in [3.8, 4) is 5.75 Å². The maximum absolute atomic E-state index is 14.4. The second-order valence-electron chi connectivity index (χ2n) is 9.15. The fourth-order valence-electron chi connectivity index (χ4n) is 4.88. The summed E-state index contributed by atoms with van der Waals surface area (Å²) >= 11 is 0. The van der Waals surface area contributed by atoms with Crippen molar-refractivity contribution in [2.75, 3.05) is 12.0 Å². The molecule has 0 unspecified atom stereocenters. The van der Waals surface area contributed by atoms with Gasteiger partial charge in [0, 0.05) is 11.7 Å². The molecule has 5 rings (SSSR count). The smallest absolute Gasteiger partial charge is 0.249 e. The first-order valence-corrected chi connectivity index (χ1v) is 12.3. The average molecular weight is 502 g/mol. The molecule has 1 fully saturated rings. The Morgan fingerprint density at radius 2 is 1.86 bits per heavy atom. The van der Waals surface area contributed by atoms with Crippen molar-refractivity contribution >= 4 is 28.5 Å². The zero-order chi connectivity index (χ0) is 25.8. The van der Waals surface area contributed by atoms with Crippen LogP contribution in [0.4, 0.5) is 10.1 Å². The van der Waals surface area contributed by atoms with Gasteiger partial charge in [0.2, 0.25) is 11.8 Å². The van der Waals surface area contributed by atoms with E-state index in [9.17, 15) is 14.0 Å². The van der Waals surface area contributed by atoms with Crippen molar-refractivity contribution in [3.05, 3.63) is 84.2 Å². The predicted octanol–water partition coefficient (Wildman–Crippen LogP) is 4.41. The molecule has 4 aromatic rings. The third-order valence-corrected chi connectivity index (χ3v) is 6.68. The number of hydrogen-bond donors (Lipinski definition) is 1.